The number of hydrogen-bond donors (Lipinski definition) is 0. The maximum atomic E-state index is 11.7. The lowest BCUT2D eigenvalue weighted by Crippen LogP contribution is -2.31. The Hall–Kier alpha value is -1.82. The first-order valence-corrected chi connectivity index (χ1v) is 6.66. The third kappa shape index (κ3) is 3.01. The van der Waals surface area contributed by atoms with Gasteiger partial charge in [-0.15, -0.1) is 0 Å². The van der Waals surface area contributed by atoms with Gasteiger partial charge in [-0.2, -0.15) is 0 Å². The van der Waals surface area contributed by atoms with Crippen LogP contribution in [0.3, 0.4) is 0 Å². The van der Waals surface area contributed by atoms with Gasteiger partial charge in [-0.1, -0.05) is 0 Å². The molecule has 0 N–H and O–H groups in total. The van der Waals surface area contributed by atoms with Crippen molar-refractivity contribution >= 4 is 12.0 Å². The smallest absolute Gasteiger partial charge is 0.414 e. The summed E-state index contributed by atoms with van der Waals surface area (Å²) < 4.78 is 9.96. The molecule has 0 aromatic carbocycles. The van der Waals surface area contributed by atoms with Crippen LogP contribution in [0.25, 0.3) is 0 Å². The van der Waals surface area contributed by atoms with Crippen molar-refractivity contribution in [3.8, 4) is 0 Å². The Morgan fingerprint density at radius 3 is 2.75 bits per heavy atom. The monoisotopic (exact) mass is 280 g/mol. The van der Waals surface area contributed by atoms with E-state index >= 15 is 0 Å². The third-order valence-electron chi connectivity index (χ3n) is 3.49. The van der Waals surface area contributed by atoms with E-state index in [0.29, 0.717) is 6.54 Å². The standard InChI is InChI=1S/C14H20N2O4/c1-10-8-16(14(18)20-10)12-6-4-11(5-7-12)15(2)13(17)9-19-3/h4,6,10H,5,7-9H2,1-3H3/t10-/m0/s1. The molecule has 2 aliphatic rings. The van der Waals surface area contributed by atoms with Gasteiger partial charge in [0.1, 0.15) is 12.7 Å². The molecule has 2 amide bonds. The largest absolute Gasteiger partial charge is 0.444 e. The van der Waals surface area contributed by atoms with E-state index in [4.69, 9.17) is 9.47 Å². The van der Waals surface area contributed by atoms with Crippen molar-refractivity contribution in [2.24, 2.45) is 0 Å². The normalized spacial score (nSPS) is 22.2. The topological polar surface area (TPSA) is 59.1 Å². The van der Waals surface area contributed by atoms with E-state index in [-0.39, 0.29) is 24.7 Å². The first kappa shape index (κ1) is 14.6. The average Bonchev–Trinajstić information content (AvgIpc) is 2.77. The Kier molecular flexibility index (Phi) is 4.44. The van der Waals surface area contributed by atoms with Gasteiger partial charge in [0.2, 0.25) is 0 Å². The highest BCUT2D eigenvalue weighted by atomic mass is 16.6. The van der Waals surface area contributed by atoms with Gasteiger partial charge in [0, 0.05) is 25.6 Å². The summed E-state index contributed by atoms with van der Waals surface area (Å²) in [6, 6.07) is 0. The predicted octanol–water partition coefficient (Wildman–Crippen LogP) is 1.49. The van der Waals surface area contributed by atoms with E-state index in [1.54, 1.807) is 16.8 Å². The molecule has 1 fully saturated rings. The molecule has 1 heterocycles. The van der Waals surface area contributed by atoms with Crippen LogP contribution in [0.2, 0.25) is 0 Å². The molecule has 0 radical (unpaired) electrons. The van der Waals surface area contributed by atoms with Crippen molar-refractivity contribution in [2.75, 3.05) is 27.3 Å². The van der Waals surface area contributed by atoms with Crippen LogP contribution in [0.15, 0.2) is 23.5 Å². The summed E-state index contributed by atoms with van der Waals surface area (Å²) >= 11 is 0. The number of likely N-dealkylation sites (N-methyl/N-ethyl adjacent to an activating group) is 1. The minimum absolute atomic E-state index is 0.0697. The fraction of sp³-hybridized carbons (Fsp3) is 0.571. The lowest BCUT2D eigenvalue weighted by atomic mass is 10.1. The molecule has 0 bridgehead atoms. The fourth-order valence-corrected chi connectivity index (χ4v) is 2.34. The highest BCUT2D eigenvalue weighted by Crippen LogP contribution is 2.26. The summed E-state index contributed by atoms with van der Waals surface area (Å²) in [4.78, 5) is 26.6. The second kappa shape index (κ2) is 6.09. The molecular weight excluding hydrogens is 260 g/mol. The van der Waals surface area contributed by atoms with Crippen molar-refractivity contribution in [2.45, 2.75) is 25.9 Å². The molecule has 110 valence electrons. The summed E-state index contributed by atoms with van der Waals surface area (Å²) in [5.74, 6) is -0.0789. The molecular formula is C14H20N2O4. The Bertz CT molecular complexity index is 470. The lowest BCUT2D eigenvalue weighted by Gasteiger charge is -2.25. The van der Waals surface area contributed by atoms with Gasteiger partial charge >= 0.3 is 6.09 Å². The maximum Gasteiger partial charge on any atom is 0.414 e. The predicted molar refractivity (Wildman–Crippen MR) is 72.7 cm³/mol. The van der Waals surface area contributed by atoms with Crippen LogP contribution in [-0.4, -0.2) is 55.2 Å². The molecule has 6 heteroatoms. The van der Waals surface area contributed by atoms with E-state index in [9.17, 15) is 9.59 Å². The van der Waals surface area contributed by atoms with Crippen LogP contribution in [-0.2, 0) is 14.3 Å². The molecule has 0 aromatic rings. The number of amides is 2. The molecule has 0 spiro atoms. The summed E-state index contributed by atoms with van der Waals surface area (Å²) in [5.41, 5.74) is 1.87. The molecule has 1 saturated heterocycles. The molecule has 1 atom stereocenters. The van der Waals surface area contributed by atoms with E-state index < -0.39 is 0 Å². The van der Waals surface area contributed by atoms with Crippen molar-refractivity contribution in [1.29, 1.82) is 0 Å². The van der Waals surface area contributed by atoms with Crippen LogP contribution in [0, 0.1) is 0 Å². The van der Waals surface area contributed by atoms with Crippen LogP contribution >= 0.6 is 0 Å². The molecule has 1 aliphatic carbocycles. The van der Waals surface area contributed by atoms with E-state index in [1.165, 1.54) is 7.11 Å². The zero-order chi connectivity index (χ0) is 14.7. The van der Waals surface area contributed by atoms with Crippen molar-refractivity contribution in [3.63, 3.8) is 0 Å². The molecule has 1 aliphatic heterocycles. The number of rotatable bonds is 4. The average molecular weight is 280 g/mol. The summed E-state index contributed by atoms with van der Waals surface area (Å²) in [6.45, 7) is 2.53. The Morgan fingerprint density at radius 1 is 1.50 bits per heavy atom. The number of hydrogen-bond acceptors (Lipinski definition) is 4. The Morgan fingerprint density at radius 2 is 2.25 bits per heavy atom. The van der Waals surface area contributed by atoms with Gasteiger partial charge in [0.05, 0.1) is 6.54 Å². The number of ether oxygens (including phenoxy) is 2. The van der Waals surface area contributed by atoms with Crippen LogP contribution in [0.4, 0.5) is 4.79 Å². The highest BCUT2D eigenvalue weighted by Gasteiger charge is 2.31. The molecule has 0 unspecified atom stereocenters. The zero-order valence-corrected chi connectivity index (χ0v) is 12.1. The SMILES string of the molecule is COCC(=O)N(C)C1=CC=C(N2C[C@H](C)OC2=O)CC1. The summed E-state index contributed by atoms with van der Waals surface area (Å²) in [7, 11) is 3.23. The number of nitrogens with zero attached hydrogens (tertiary/aromatic N) is 2. The third-order valence-corrected chi connectivity index (χ3v) is 3.49. The van der Waals surface area contributed by atoms with Gasteiger partial charge in [-0.3, -0.25) is 9.69 Å². The summed E-state index contributed by atoms with van der Waals surface area (Å²) in [5, 5.41) is 0. The van der Waals surface area contributed by atoms with Gasteiger partial charge < -0.3 is 14.4 Å². The Balaban J connectivity index is 2.04. The van der Waals surface area contributed by atoms with Gasteiger partial charge in [0.25, 0.3) is 5.91 Å². The Labute approximate surface area is 118 Å². The van der Waals surface area contributed by atoms with Gasteiger partial charge in [0.15, 0.2) is 0 Å². The van der Waals surface area contributed by atoms with E-state index in [0.717, 1.165) is 24.2 Å². The van der Waals surface area contributed by atoms with Crippen LogP contribution < -0.4 is 0 Å². The molecule has 0 aromatic heterocycles. The number of methoxy groups -OCH3 is 1. The fourth-order valence-electron chi connectivity index (χ4n) is 2.34. The molecule has 20 heavy (non-hydrogen) atoms. The number of carbonyl (C=O) groups excluding carboxylic acids is 2. The number of allylic oxidation sites excluding steroid dienone is 4. The minimum atomic E-state index is -0.288. The quantitative estimate of drug-likeness (QED) is 0.783. The molecule has 2 rings (SSSR count). The first-order chi connectivity index (χ1) is 9.52. The van der Waals surface area contributed by atoms with Crippen molar-refractivity contribution < 1.29 is 19.1 Å². The molecule has 6 nitrogen and oxygen atoms in total. The van der Waals surface area contributed by atoms with E-state index in [2.05, 4.69) is 0 Å². The molecule has 0 saturated carbocycles. The first-order valence-electron chi connectivity index (χ1n) is 6.66. The second-order valence-corrected chi connectivity index (χ2v) is 5.01. The van der Waals surface area contributed by atoms with Crippen molar-refractivity contribution in [1.82, 2.24) is 9.80 Å². The zero-order valence-electron chi connectivity index (χ0n) is 12.1. The lowest BCUT2D eigenvalue weighted by molar-refractivity contribution is -0.132. The minimum Gasteiger partial charge on any atom is -0.444 e. The maximum absolute atomic E-state index is 11.7. The number of carbonyl (C=O) groups is 2. The second-order valence-electron chi connectivity index (χ2n) is 5.01. The number of cyclic esters (lactones) is 1. The van der Waals surface area contributed by atoms with Crippen LogP contribution in [0.5, 0.6) is 0 Å². The van der Waals surface area contributed by atoms with E-state index in [1.807, 2.05) is 19.1 Å². The summed E-state index contributed by atoms with van der Waals surface area (Å²) in [6.07, 6.45) is 4.84. The van der Waals surface area contributed by atoms with Crippen LogP contribution in [0.1, 0.15) is 19.8 Å². The highest BCUT2D eigenvalue weighted by molar-refractivity contribution is 5.79. The van der Waals surface area contributed by atoms with Gasteiger partial charge in [-0.05, 0) is 31.9 Å². The van der Waals surface area contributed by atoms with Crippen molar-refractivity contribution in [3.05, 3.63) is 23.5 Å². The van der Waals surface area contributed by atoms with Gasteiger partial charge in [-0.25, -0.2) is 4.79 Å².